The van der Waals surface area contributed by atoms with Crippen molar-refractivity contribution in [2.45, 2.75) is 51.9 Å². The first-order chi connectivity index (χ1) is 9.86. The van der Waals surface area contributed by atoms with E-state index in [9.17, 15) is 9.90 Å². The van der Waals surface area contributed by atoms with E-state index >= 15 is 0 Å². The molecule has 5 atom stereocenters. The predicted octanol–water partition coefficient (Wildman–Crippen LogP) is 4.49. The number of carbonyl (C=O) groups is 1. The van der Waals surface area contributed by atoms with Crippen LogP contribution in [0.25, 0.3) is 0 Å². The fourth-order valence-electron chi connectivity index (χ4n) is 5.13. The first-order valence-electron chi connectivity index (χ1n) is 8.15. The molecule has 3 rings (SSSR count). The van der Waals surface area contributed by atoms with Crippen molar-refractivity contribution in [1.82, 2.24) is 0 Å². The Kier molecular flexibility index (Phi) is 3.38. The highest BCUT2D eigenvalue weighted by molar-refractivity contribution is 5.74. The molecule has 1 aromatic rings. The lowest BCUT2D eigenvalue weighted by Crippen LogP contribution is -2.51. The van der Waals surface area contributed by atoms with Crippen LogP contribution in [-0.2, 0) is 10.2 Å². The van der Waals surface area contributed by atoms with Gasteiger partial charge < -0.3 is 5.11 Å². The van der Waals surface area contributed by atoms with Gasteiger partial charge in [0.1, 0.15) is 0 Å². The molecule has 0 aromatic heterocycles. The van der Waals surface area contributed by atoms with Crippen LogP contribution in [0, 0.1) is 23.2 Å². The molecule has 0 amide bonds. The Morgan fingerprint density at radius 3 is 2.43 bits per heavy atom. The molecule has 0 spiro atoms. The number of fused-ring (bicyclic) bond motifs is 2. The van der Waals surface area contributed by atoms with Gasteiger partial charge in [-0.05, 0) is 61.3 Å². The van der Waals surface area contributed by atoms with Crippen LogP contribution in [0.15, 0.2) is 30.3 Å². The third-order valence-corrected chi connectivity index (χ3v) is 6.35. The molecule has 0 radical (unpaired) electrons. The maximum absolute atomic E-state index is 11.9. The van der Waals surface area contributed by atoms with Crippen molar-refractivity contribution in [3.63, 3.8) is 0 Å². The third-order valence-electron chi connectivity index (χ3n) is 6.35. The Bertz CT molecular complexity index is 534. The second-order valence-corrected chi connectivity index (χ2v) is 7.90. The zero-order valence-corrected chi connectivity index (χ0v) is 13.3. The largest absolute Gasteiger partial charge is 0.481 e. The number of benzene rings is 1. The van der Waals surface area contributed by atoms with Crippen molar-refractivity contribution in [2.75, 3.05) is 0 Å². The quantitative estimate of drug-likeness (QED) is 0.869. The highest BCUT2D eigenvalue weighted by atomic mass is 16.4. The fourth-order valence-corrected chi connectivity index (χ4v) is 5.13. The van der Waals surface area contributed by atoms with E-state index in [1.54, 1.807) is 0 Å². The Morgan fingerprint density at radius 2 is 1.81 bits per heavy atom. The van der Waals surface area contributed by atoms with Gasteiger partial charge in [0, 0.05) is 0 Å². The van der Waals surface area contributed by atoms with E-state index in [4.69, 9.17) is 0 Å². The maximum atomic E-state index is 11.9. The smallest absolute Gasteiger partial charge is 0.309 e. The number of hydrogen-bond donors (Lipinski definition) is 1. The van der Waals surface area contributed by atoms with Crippen LogP contribution >= 0.6 is 0 Å². The molecule has 2 saturated carbocycles. The van der Waals surface area contributed by atoms with Gasteiger partial charge >= 0.3 is 5.97 Å². The van der Waals surface area contributed by atoms with Crippen LogP contribution < -0.4 is 0 Å². The standard InChI is InChI=1S/C19H26O2/c1-13-9-19(16-7-5-4-6-8-16)11-15(14(13)2)10-18(3,12-19)17(20)21/h4-8,13-15H,9-12H2,1-3H3,(H,20,21). The zero-order chi connectivity index (χ0) is 15.3. The van der Waals surface area contributed by atoms with Crippen LogP contribution in [0.4, 0.5) is 0 Å². The number of rotatable bonds is 2. The summed E-state index contributed by atoms with van der Waals surface area (Å²) in [5.41, 5.74) is 0.831. The molecule has 2 aliphatic rings. The monoisotopic (exact) mass is 286 g/mol. The van der Waals surface area contributed by atoms with E-state index in [1.807, 2.05) is 13.0 Å². The molecule has 0 heterocycles. The minimum atomic E-state index is -0.616. The van der Waals surface area contributed by atoms with Crippen molar-refractivity contribution in [3.8, 4) is 0 Å². The zero-order valence-electron chi connectivity index (χ0n) is 13.3. The number of carboxylic acids is 1. The highest BCUT2D eigenvalue weighted by Crippen LogP contribution is 2.59. The molecule has 2 fully saturated rings. The van der Waals surface area contributed by atoms with Gasteiger partial charge in [0.2, 0.25) is 0 Å². The molecule has 1 N–H and O–H groups in total. The minimum absolute atomic E-state index is 0.0588. The SMILES string of the molecule is CC1CC2(c3ccccc3)CC(CC(C)(C(=O)O)C2)C1C. The molecular formula is C19H26O2. The van der Waals surface area contributed by atoms with Crippen molar-refractivity contribution in [2.24, 2.45) is 23.2 Å². The summed E-state index contributed by atoms with van der Waals surface area (Å²) < 4.78 is 0. The van der Waals surface area contributed by atoms with Gasteiger partial charge in [-0.2, -0.15) is 0 Å². The molecule has 2 bridgehead atoms. The fraction of sp³-hybridized carbons (Fsp3) is 0.632. The Morgan fingerprint density at radius 1 is 1.14 bits per heavy atom. The first kappa shape index (κ1) is 14.6. The summed E-state index contributed by atoms with van der Waals surface area (Å²) in [6.45, 7) is 6.62. The van der Waals surface area contributed by atoms with E-state index in [1.165, 1.54) is 5.56 Å². The number of aliphatic carboxylic acids is 1. The number of hydrogen-bond acceptors (Lipinski definition) is 1. The van der Waals surface area contributed by atoms with Crippen LogP contribution in [0.1, 0.15) is 52.0 Å². The summed E-state index contributed by atoms with van der Waals surface area (Å²) in [5.74, 6) is 1.21. The van der Waals surface area contributed by atoms with Gasteiger partial charge in [0.15, 0.2) is 0 Å². The lowest BCUT2D eigenvalue weighted by molar-refractivity contribution is -0.156. The Labute approximate surface area is 127 Å². The summed E-state index contributed by atoms with van der Waals surface area (Å²) in [5, 5.41) is 9.77. The van der Waals surface area contributed by atoms with Crippen LogP contribution in [-0.4, -0.2) is 11.1 Å². The average Bonchev–Trinajstić information content (AvgIpc) is 2.45. The van der Waals surface area contributed by atoms with Crippen molar-refractivity contribution >= 4 is 5.97 Å². The number of carboxylic acid groups (broad SMARTS) is 1. The topological polar surface area (TPSA) is 37.3 Å². The third kappa shape index (κ3) is 2.29. The van der Waals surface area contributed by atoms with Gasteiger partial charge in [0.25, 0.3) is 0 Å². The molecule has 0 saturated heterocycles. The molecule has 114 valence electrons. The minimum Gasteiger partial charge on any atom is -0.481 e. The highest BCUT2D eigenvalue weighted by Gasteiger charge is 2.55. The normalized spacial score (nSPS) is 42.5. The van der Waals surface area contributed by atoms with Gasteiger partial charge in [-0.15, -0.1) is 0 Å². The van der Waals surface area contributed by atoms with Crippen molar-refractivity contribution in [1.29, 1.82) is 0 Å². The Balaban J connectivity index is 2.06. The van der Waals surface area contributed by atoms with E-state index in [-0.39, 0.29) is 5.41 Å². The summed E-state index contributed by atoms with van der Waals surface area (Å²) in [4.78, 5) is 11.9. The molecule has 1 aromatic carbocycles. The summed E-state index contributed by atoms with van der Waals surface area (Å²) >= 11 is 0. The van der Waals surface area contributed by atoms with Gasteiger partial charge in [-0.1, -0.05) is 44.2 Å². The molecule has 2 heteroatoms. The van der Waals surface area contributed by atoms with Crippen molar-refractivity contribution in [3.05, 3.63) is 35.9 Å². The lowest BCUT2D eigenvalue weighted by Gasteiger charge is -2.56. The summed E-state index contributed by atoms with van der Waals surface area (Å²) in [6.07, 6.45) is 3.90. The van der Waals surface area contributed by atoms with Gasteiger partial charge in [0.05, 0.1) is 5.41 Å². The molecule has 2 nitrogen and oxygen atoms in total. The second kappa shape index (κ2) is 4.86. The van der Waals surface area contributed by atoms with Gasteiger partial charge in [-0.25, -0.2) is 0 Å². The predicted molar refractivity (Wildman–Crippen MR) is 84.1 cm³/mol. The van der Waals surface area contributed by atoms with Gasteiger partial charge in [-0.3, -0.25) is 4.79 Å². The van der Waals surface area contributed by atoms with Crippen LogP contribution in [0.5, 0.6) is 0 Å². The lowest BCUT2D eigenvalue weighted by atomic mass is 9.48. The van der Waals surface area contributed by atoms with Crippen molar-refractivity contribution < 1.29 is 9.90 Å². The average molecular weight is 286 g/mol. The Hall–Kier alpha value is -1.31. The molecule has 5 unspecified atom stereocenters. The molecule has 0 aliphatic heterocycles. The van der Waals surface area contributed by atoms with E-state index in [0.29, 0.717) is 17.8 Å². The van der Waals surface area contributed by atoms with Crippen LogP contribution in [0.3, 0.4) is 0 Å². The molecule has 2 aliphatic carbocycles. The van der Waals surface area contributed by atoms with E-state index < -0.39 is 11.4 Å². The molecular weight excluding hydrogens is 260 g/mol. The van der Waals surface area contributed by atoms with E-state index in [2.05, 4.69) is 38.1 Å². The van der Waals surface area contributed by atoms with Crippen LogP contribution in [0.2, 0.25) is 0 Å². The maximum Gasteiger partial charge on any atom is 0.309 e. The van der Waals surface area contributed by atoms with E-state index in [0.717, 1.165) is 25.7 Å². The second-order valence-electron chi connectivity index (χ2n) is 7.90. The first-order valence-corrected chi connectivity index (χ1v) is 8.15. The summed E-state index contributed by atoms with van der Waals surface area (Å²) in [7, 11) is 0. The summed E-state index contributed by atoms with van der Waals surface area (Å²) in [6, 6.07) is 10.6. The molecule has 21 heavy (non-hydrogen) atoms.